The zero-order valence-corrected chi connectivity index (χ0v) is 13.9. The van der Waals surface area contributed by atoms with Gasteiger partial charge in [-0.2, -0.15) is 0 Å². The van der Waals surface area contributed by atoms with Gasteiger partial charge >= 0.3 is 0 Å². The SMILES string of the molecule is C[C@H](SCc1ccc(Cl)cc1)C(=O)Nc1ccccc1[N+](=O)[O-]. The summed E-state index contributed by atoms with van der Waals surface area (Å²) in [6.07, 6.45) is 0. The van der Waals surface area contributed by atoms with Crippen LogP contribution in [0.2, 0.25) is 5.02 Å². The van der Waals surface area contributed by atoms with Crippen molar-refractivity contribution in [1.29, 1.82) is 0 Å². The number of rotatable bonds is 6. The molecule has 0 saturated heterocycles. The van der Waals surface area contributed by atoms with E-state index in [1.54, 1.807) is 31.2 Å². The fraction of sp³-hybridized carbons (Fsp3) is 0.188. The Morgan fingerprint density at radius 2 is 1.91 bits per heavy atom. The summed E-state index contributed by atoms with van der Waals surface area (Å²) < 4.78 is 0. The molecule has 0 aliphatic rings. The maximum absolute atomic E-state index is 12.2. The average Bonchev–Trinajstić information content (AvgIpc) is 2.54. The molecule has 5 nitrogen and oxygen atoms in total. The topological polar surface area (TPSA) is 72.2 Å². The van der Waals surface area contributed by atoms with E-state index in [-0.39, 0.29) is 22.5 Å². The fourth-order valence-corrected chi connectivity index (χ4v) is 2.82. The van der Waals surface area contributed by atoms with Gasteiger partial charge in [-0.15, -0.1) is 11.8 Å². The molecule has 0 spiro atoms. The molecular weight excluding hydrogens is 336 g/mol. The summed E-state index contributed by atoms with van der Waals surface area (Å²) >= 11 is 7.28. The molecule has 7 heteroatoms. The minimum atomic E-state index is -0.513. The molecule has 2 rings (SSSR count). The highest BCUT2D eigenvalue weighted by atomic mass is 35.5. The minimum Gasteiger partial charge on any atom is -0.319 e. The number of hydrogen-bond acceptors (Lipinski definition) is 4. The molecule has 1 atom stereocenters. The maximum Gasteiger partial charge on any atom is 0.292 e. The third kappa shape index (κ3) is 4.97. The molecule has 0 aliphatic carbocycles. The van der Waals surface area contributed by atoms with Gasteiger partial charge in [-0.3, -0.25) is 14.9 Å². The Morgan fingerprint density at radius 1 is 1.26 bits per heavy atom. The van der Waals surface area contributed by atoms with Gasteiger partial charge in [0.1, 0.15) is 5.69 Å². The first-order valence-corrected chi connectivity index (χ1v) is 8.30. The second-order valence-corrected chi connectivity index (χ2v) is 6.61. The van der Waals surface area contributed by atoms with Crippen LogP contribution >= 0.6 is 23.4 Å². The number of nitrogens with zero attached hydrogens (tertiary/aromatic N) is 1. The van der Waals surface area contributed by atoms with Gasteiger partial charge in [-0.1, -0.05) is 35.9 Å². The number of nitro benzene ring substituents is 1. The van der Waals surface area contributed by atoms with Crippen molar-refractivity contribution in [2.75, 3.05) is 5.32 Å². The molecule has 0 radical (unpaired) electrons. The first kappa shape index (κ1) is 17.3. The van der Waals surface area contributed by atoms with E-state index in [9.17, 15) is 14.9 Å². The second-order valence-electron chi connectivity index (χ2n) is 4.84. The van der Waals surface area contributed by atoms with Crippen LogP contribution in [0.3, 0.4) is 0 Å². The van der Waals surface area contributed by atoms with E-state index in [4.69, 9.17) is 11.6 Å². The number of para-hydroxylation sites is 2. The lowest BCUT2D eigenvalue weighted by Crippen LogP contribution is -2.23. The number of benzene rings is 2. The summed E-state index contributed by atoms with van der Waals surface area (Å²) in [5.41, 5.74) is 1.15. The molecule has 0 bridgehead atoms. The lowest BCUT2D eigenvalue weighted by atomic mass is 10.2. The van der Waals surface area contributed by atoms with E-state index in [0.29, 0.717) is 10.8 Å². The summed E-state index contributed by atoms with van der Waals surface area (Å²) in [5.74, 6) is 0.390. The van der Waals surface area contributed by atoms with Gasteiger partial charge in [-0.05, 0) is 30.7 Å². The van der Waals surface area contributed by atoms with Crippen molar-refractivity contribution >= 4 is 40.6 Å². The van der Waals surface area contributed by atoms with E-state index >= 15 is 0 Å². The van der Waals surface area contributed by atoms with Crippen LogP contribution in [0.4, 0.5) is 11.4 Å². The van der Waals surface area contributed by atoms with Crippen molar-refractivity contribution in [2.24, 2.45) is 0 Å². The lowest BCUT2D eigenvalue weighted by Gasteiger charge is -2.12. The van der Waals surface area contributed by atoms with E-state index < -0.39 is 4.92 Å². The van der Waals surface area contributed by atoms with E-state index in [1.165, 1.54) is 23.9 Å². The zero-order valence-electron chi connectivity index (χ0n) is 12.4. The van der Waals surface area contributed by atoms with Crippen LogP contribution in [-0.4, -0.2) is 16.1 Å². The molecule has 0 unspecified atom stereocenters. The third-order valence-electron chi connectivity index (χ3n) is 3.14. The van der Waals surface area contributed by atoms with Crippen molar-refractivity contribution in [1.82, 2.24) is 0 Å². The van der Waals surface area contributed by atoms with Crippen LogP contribution in [0.5, 0.6) is 0 Å². The van der Waals surface area contributed by atoms with Crippen LogP contribution in [0.25, 0.3) is 0 Å². The van der Waals surface area contributed by atoms with E-state index in [1.807, 2.05) is 12.1 Å². The highest BCUT2D eigenvalue weighted by Crippen LogP contribution is 2.25. The van der Waals surface area contributed by atoms with Gasteiger partial charge in [-0.25, -0.2) is 0 Å². The Labute approximate surface area is 143 Å². The molecule has 2 aromatic carbocycles. The number of carbonyl (C=O) groups is 1. The molecule has 23 heavy (non-hydrogen) atoms. The number of carbonyl (C=O) groups excluding carboxylic acids is 1. The lowest BCUT2D eigenvalue weighted by molar-refractivity contribution is -0.383. The predicted molar refractivity (Wildman–Crippen MR) is 93.9 cm³/mol. The second kappa shape index (κ2) is 7.99. The predicted octanol–water partition coefficient (Wildman–Crippen LogP) is 4.51. The molecule has 0 aliphatic heterocycles. The molecule has 0 fully saturated rings. The Balaban J connectivity index is 1.95. The number of thioether (sulfide) groups is 1. The molecule has 1 N–H and O–H groups in total. The van der Waals surface area contributed by atoms with Gasteiger partial charge in [0.05, 0.1) is 10.2 Å². The standard InChI is InChI=1S/C16H15ClN2O3S/c1-11(23-10-12-6-8-13(17)9-7-12)16(20)18-14-4-2-3-5-15(14)19(21)22/h2-9,11H,10H2,1H3,(H,18,20)/t11-/m0/s1. The summed E-state index contributed by atoms with van der Waals surface area (Å²) in [7, 11) is 0. The van der Waals surface area contributed by atoms with Crippen molar-refractivity contribution in [3.8, 4) is 0 Å². The van der Waals surface area contributed by atoms with Crippen LogP contribution in [0, 0.1) is 10.1 Å². The van der Waals surface area contributed by atoms with Crippen LogP contribution in [0.1, 0.15) is 12.5 Å². The smallest absolute Gasteiger partial charge is 0.292 e. The Morgan fingerprint density at radius 3 is 2.57 bits per heavy atom. The number of anilines is 1. The first-order chi connectivity index (χ1) is 11.0. The number of nitrogens with one attached hydrogen (secondary N) is 1. The highest BCUT2D eigenvalue weighted by molar-refractivity contribution is 7.99. The molecule has 120 valence electrons. The van der Waals surface area contributed by atoms with Gasteiger partial charge in [0.25, 0.3) is 5.69 Å². The number of amides is 1. The number of hydrogen-bond donors (Lipinski definition) is 1. The summed E-state index contributed by atoms with van der Waals surface area (Å²) in [6.45, 7) is 1.77. The van der Waals surface area contributed by atoms with Crippen LogP contribution in [0.15, 0.2) is 48.5 Å². The van der Waals surface area contributed by atoms with Crippen LogP contribution in [-0.2, 0) is 10.5 Å². The molecular formula is C16H15ClN2O3S. The van der Waals surface area contributed by atoms with Gasteiger partial charge in [0.2, 0.25) is 5.91 Å². The first-order valence-electron chi connectivity index (χ1n) is 6.87. The summed E-state index contributed by atoms with van der Waals surface area (Å²) in [5, 5.41) is 13.9. The molecule has 0 aromatic heterocycles. The van der Waals surface area contributed by atoms with Crippen molar-refractivity contribution in [3.05, 3.63) is 69.2 Å². The molecule has 0 heterocycles. The summed E-state index contributed by atoms with van der Waals surface area (Å²) in [4.78, 5) is 22.6. The minimum absolute atomic E-state index is 0.115. The van der Waals surface area contributed by atoms with Crippen molar-refractivity contribution in [2.45, 2.75) is 17.9 Å². The highest BCUT2D eigenvalue weighted by Gasteiger charge is 2.18. The van der Waals surface area contributed by atoms with Crippen LogP contribution < -0.4 is 5.32 Å². The zero-order chi connectivity index (χ0) is 16.8. The Hall–Kier alpha value is -2.05. The van der Waals surface area contributed by atoms with Gasteiger partial charge in [0, 0.05) is 16.8 Å². The summed E-state index contributed by atoms with van der Waals surface area (Å²) in [6, 6.07) is 13.5. The quantitative estimate of drug-likeness (QED) is 0.614. The Bertz CT molecular complexity index is 707. The molecule has 0 saturated carbocycles. The fourth-order valence-electron chi connectivity index (χ4n) is 1.85. The van der Waals surface area contributed by atoms with Crippen molar-refractivity contribution in [3.63, 3.8) is 0 Å². The number of nitro groups is 1. The maximum atomic E-state index is 12.2. The molecule has 1 amide bonds. The number of halogens is 1. The van der Waals surface area contributed by atoms with Crippen molar-refractivity contribution < 1.29 is 9.72 Å². The monoisotopic (exact) mass is 350 g/mol. The Kier molecular flexibility index (Phi) is 6.01. The largest absolute Gasteiger partial charge is 0.319 e. The normalized spacial score (nSPS) is 11.7. The third-order valence-corrected chi connectivity index (χ3v) is 4.61. The van der Waals surface area contributed by atoms with E-state index in [2.05, 4.69) is 5.32 Å². The van der Waals surface area contributed by atoms with Gasteiger partial charge < -0.3 is 5.32 Å². The van der Waals surface area contributed by atoms with E-state index in [0.717, 1.165) is 5.56 Å². The molecule has 2 aromatic rings. The van der Waals surface area contributed by atoms with Gasteiger partial charge in [0.15, 0.2) is 0 Å². The average molecular weight is 351 g/mol.